The van der Waals surface area contributed by atoms with E-state index in [1.54, 1.807) is 0 Å². The lowest BCUT2D eigenvalue weighted by molar-refractivity contribution is 0.0953. The molecule has 0 spiro atoms. The summed E-state index contributed by atoms with van der Waals surface area (Å²) in [5.41, 5.74) is 2.97. The molecule has 0 atom stereocenters. The summed E-state index contributed by atoms with van der Waals surface area (Å²) in [6, 6.07) is 6.83. The maximum absolute atomic E-state index is 12.9. The number of rotatable bonds is 2. The Hall–Kier alpha value is -2.47. The Morgan fingerprint density at radius 2 is 1.95 bits per heavy atom. The van der Waals surface area contributed by atoms with Crippen LogP contribution in [0.4, 0.5) is 4.39 Å². The first kappa shape index (κ1) is 13.0. The van der Waals surface area contributed by atoms with Gasteiger partial charge in [-0.05, 0) is 17.7 Å². The van der Waals surface area contributed by atoms with Gasteiger partial charge in [0.15, 0.2) is 0 Å². The highest BCUT2D eigenvalue weighted by Gasteiger charge is 2.14. The zero-order chi connectivity index (χ0) is 14.0. The van der Waals surface area contributed by atoms with Crippen molar-refractivity contribution in [3.8, 4) is 11.1 Å². The summed E-state index contributed by atoms with van der Waals surface area (Å²) in [5.74, 6) is 4.21. The Kier molecular flexibility index (Phi) is 3.43. The fraction of sp³-hybridized carbons (Fsp3) is 0.0769. The number of amides is 1. The van der Waals surface area contributed by atoms with Gasteiger partial charge in [0.05, 0.1) is 5.56 Å². The zero-order valence-electron chi connectivity index (χ0n) is 10.2. The van der Waals surface area contributed by atoms with E-state index in [4.69, 9.17) is 5.84 Å². The van der Waals surface area contributed by atoms with Gasteiger partial charge in [0, 0.05) is 24.9 Å². The third kappa shape index (κ3) is 2.53. The van der Waals surface area contributed by atoms with Crippen molar-refractivity contribution in [2.75, 3.05) is 0 Å². The lowest BCUT2D eigenvalue weighted by Gasteiger charge is -2.10. The van der Waals surface area contributed by atoms with Crippen molar-refractivity contribution < 1.29 is 9.18 Å². The minimum atomic E-state index is -0.519. The summed E-state index contributed by atoms with van der Waals surface area (Å²) in [6.45, 7) is 0. The smallest absolute Gasteiger partial charge is 0.267 e. The molecule has 5 nitrogen and oxygen atoms in total. The molecule has 19 heavy (non-hydrogen) atoms. The number of halogens is 1. The van der Waals surface area contributed by atoms with Crippen molar-refractivity contribution >= 4 is 5.91 Å². The van der Waals surface area contributed by atoms with Gasteiger partial charge in [0.2, 0.25) is 0 Å². The molecule has 2 rings (SSSR count). The predicted molar refractivity (Wildman–Crippen MR) is 68.7 cm³/mol. The summed E-state index contributed by atoms with van der Waals surface area (Å²) >= 11 is 0. The lowest BCUT2D eigenvalue weighted by atomic mass is 10.0. The Labute approximate surface area is 108 Å². The van der Waals surface area contributed by atoms with Crippen LogP contribution in [0.25, 0.3) is 11.1 Å². The molecule has 0 saturated heterocycles. The van der Waals surface area contributed by atoms with Gasteiger partial charge in [-0.25, -0.2) is 10.2 Å². The topological polar surface area (TPSA) is 77.1 Å². The molecule has 0 aliphatic carbocycles. The van der Waals surface area contributed by atoms with Crippen LogP contribution < -0.4 is 16.8 Å². The molecule has 0 aliphatic heterocycles. The van der Waals surface area contributed by atoms with Crippen LogP contribution in [0.1, 0.15) is 10.4 Å². The van der Waals surface area contributed by atoms with Crippen LogP contribution in [-0.4, -0.2) is 10.5 Å². The molecule has 1 aromatic carbocycles. The Morgan fingerprint density at radius 3 is 2.53 bits per heavy atom. The first-order valence-corrected chi connectivity index (χ1v) is 5.50. The van der Waals surface area contributed by atoms with Crippen LogP contribution >= 0.6 is 0 Å². The quantitative estimate of drug-likeness (QED) is 0.477. The number of aryl methyl sites for hydroxylation is 1. The van der Waals surface area contributed by atoms with E-state index in [1.165, 1.54) is 48.1 Å². The second kappa shape index (κ2) is 5.03. The number of aromatic nitrogens is 1. The van der Waals surface area contributed by atoms with E-state index in [0.29, 0.717) is 11.1 Å². The molecule has 6 heteroatoms. The van der Waals surface area contributed by atoms with Gasteiger partial charge in [0.1, 0.15) is 5.82 Å². The monoisotopic (exact) mass is 261 g/mol. The molecule has 0 unspecified atom stereocenters. The van der Waals surface area contributed by atoms with Gasteiger partial charge in [-0.2, -0.15) is 0 Å². The zero-order valence-corrected chi connectivity index (χ0v) is 10.2. The summed E-state index contributed by atoms with van der Waals surface area (Å²) in [4.78, 5) is 23.4. The number of nitrogens with two attached hydrogens (primary N) is 1. The fourth-order valence-electron chi connectivity index (χ4n) is 1.76. The maximum Gasteiger partial charge on any atom is 0.267 e. The molecule has 0 bridgehead atoms. The third-order valence-electron chi connectivity index (χ3n) is 2.76. The number of hydrogen-bond acceptors (Lipinski definition) is 3. The van der Waals surface area contributed by atoms with Crippen LogP contribution in [0.5, 0.6) is 0 Å². The van der Waals surface area contributed by atoms with Gasteiger partial charge in [0.25, 0.3) is 11.5 Å². The van der Waals surface area contributed by atoms with Gasteiger partial charge >= 0.3 is 0 Å². The van der Waals surface area contributed by atoms with E-state index in [9.17, 15) is 14.0 Å². The molecule has 2 aromatic rings. The molecule has 0 fully saturated rings. The van der Waals surface area contributed by atoms with E-state index in [-0.39, 0.29) is 11.1 Å². The molecule has 1 amide bonds. The molecule has 3 N–H and O–H groups in total. The van der Waals surface area contributed by atoms with Crippen LogP contribution in [0.2, 0.25) is 0 Å². The van der Waals surface area contributed by atoms with E-state index < -0.39 is 11.7 Å². The van der Waals surface area contributed by atoms with Crippen molar-refractivity contribution in [3.63, 3.8) is 0 Å². The Balaban J connectivity index is 2.67. The number of carbonyl (C=O) groups excluding carboxylic acids is 1. The number of pyridine rings is 1. The van der Waals surface area contributed by atoms with Crippen LogP contribution in [0, 0.1) is 5.82 Å². The van der Waals surface area contributed by atoms with E-state index in [1.807, 2.05) is 5.43 Å². The maximum atomic E-state index is 12.9. The summed E-state index contributed by atoms with van der Waals surface area (Å²) in [7, 11) is 1.53. The number of nitrogens with zero attached hydrogens (tertiary/aromatic N) is 1. The Morgan fingerprint density at radius 1 is 1.32 bits per heavy atom. The predicted octanol–water partition coefficient (Wildman–Crippen LogP) is 0.795. The van der Waals surface area contributed by atoms with Crippen LogP contribution in [-0.2, 0) is 7.05 Å². The van der Waals surface area contributed by atoms with Gasteiger partial charge in [-0.3, -0.25) is 15.0 Å². The van der Waals surface area contributed by atoms with Gasteiger partial charge < -0.3 is 4.57 Å². The van der Waals surface area contributed by atoms with Crippen molar-refractivity contribution in [1.29, 1.82) is 0 Å². The summed E-state index contributed by atoms with van der Waals surface area (Å²) in [6.07, 6.45) is 1.39. The Bertz CT molecular complexity index is 677. The van der Waals surface area contributed by atoms with Crippen molar-refractivity contribution in [2.45, 2.75) is 0 Å². The minimum absolute atomic E-state index is 0.246. The number of hydrogen-bond donors (Lipinski definition) is 2. The second-order valence-corrected chi connectivity index (χ2v) is 4.03. The molecule has 98 valence electrons. The van der Waals surface area contributed by atoms with Crippen LogP contribution in [0.15, 0.2) is 41.3 Å². The second-order valence-electron chi connectivity index (χ2n) is 4.03. The number of benzene rings is 1. The van der Waals surface area contributed by atoms with E-state index in [0.717, 1.165) is 0 Å². The van der Waals surface area contributed by atoms with Crippen molar-refractivity contribution in [1.82, 2.24) is 9.99 Å². The number of carbonyl (C=O) groups is 1. The molecule has 0 radical (unpaired) electrons. The van der Waals surface area contributed by atoms with Gasteiger partial charge in [-0.1, -0.05) is 12.1 Å². The van der Waals surface area contributed by atoms with Crippen LogP contribution in [0.3, 0.4) is 0 Å². The molecule has 1 aromatic heterocycles. The molecule has 1 heterocycles. The summed E-state index contributed by atoms with van der Waals surface area (Å²) < 4.78 is 14.2. The highest BCUT2D eigenvalue weighted by molar-refractivity contribution is 6.00. The first-order valence-electron chi connectivity index (χ1n) is 5.50. The standard InChI is InChI=1S/C13H12FN3O2/c1-17-7-11(13(19)16-15)10(6-12(17)18)8-2-4-9(14)5-3-8/h2-7H,15H2,1H3,(H,16,19). The minimum Gasteiger partial charge on any atom is -0.318 e. The average molecular weight is 261 g/mol. The van der Waals surface area contributed by atoms with Crippen molar-refractivity contribution in [3.05, 3.63) is 58.3 Å². The molecule has 0 saturated carbocycles. The largest absolute Gasteiger partial charge is 0.318 e. The first-order chi connectivity index (χ1) is 9.02. The highest BCUT2D eigenvalue weighted by Crippen LogP contribution is 2.22. The van der Waals surface area contributed by atoms with E-state index >= 15 is 0 Å². The molecule has 0 aliphatic rings. The lowest BCUT2D eigenvalue weighted by Crippen LogP contribution is -2.32. The van der Waals surface area contributed by atoms with Gasteiger partial charge in [-0.15, -0.1) is 0 Å². The number of nitrogens with one attached hydrogen (secondary N) is 1. The molecular formula is C13H12FN3O2. The SMILES string of the molecule is Cn1cc(C(=O)NN)c(-c2ccc(F)cc2)cc1=O. The highest BCUT2D eigenvalue weighted by atomic mass is 19.1. The third-order valence-corrected chi connectivity index (χ3v) is 2.76. The molecular weight excluding hydrogens is 249 g/mol. The fourth-order valence-corrected chi connectivity index (χ4v) is 1.76. The summed E-state index contributed by atoms with van der Waals surface area (Å²) in [5, 5.41) is 0. The average Bonchev–Trinajstić information content (AvgIpc) is 2.41. The van der Waals surface area contributed by atoms with E-state index in [2.05, 4.69) is 0 Å². The van der Waals surface area contributed by atoms with Crippen molar-refractivity contribution in [2.24, 2.45) is 12.9 Å². The number of nitrogen functional groups attached to an aromatic ring is 1. The normalized spacial score (nSPS) is 10.3. The number of hydrazine groups is 1.